The molecule has 1 fully saturated rings. The lowest BCUT2D eigenvalue weighted by atomic mass is 10.0. The Morgan fingerprint density at radius 1 is 1.67 bits per heavy atom. The van der Waals surface area contributed by atoms with Gasteiger partial charge in [0.25, 0.3) is 0 Å². The average Bonchev–Trinajstić information content (AvgIpc) is 2.66. The fraction of sp³-hybridized carbons (Fsp3) is 0.636. The molecule has 0 saturated carbocycles. The average molecular weight is 224 g/mol. The summed E-state index contributed by atoms with van der Waals surface area (Å²) in [5.41, 5.74) is 0.605. The normalized spacial score (nSPS) is 21.7. The Morgan fingerprint density at radius 3 is 3.07 bits per heavy atom. The maximum absolute atomic E-state index is 11.1. The highest BCUT2D eigenvalue weighted by Gasteiger charge is 2.19. The van der Waals surface area contributed by atoms with Gasteiger partial charge in [-0.25, -0.2) is 4.98 Å². The number of rotatable bonds is 2. The van der Waals surface area contributed by atoms with E-state index in [1.54, 1.807) is 18.3 Å². The smallest absolute Gasteiger partial charge is 0.185 e. The molecule has 15 heavy (non-hydrogen) atoms. The van der Waals surface area contributed by atoms with Gasteiger partial charge in [0.15, 0.2) is 10.9 Å². The molecule has 0 spiro atoms. The van der Waals surface area contributed by atoms with Crippen LogP contribution in [0.5, 0.6) is 0 Å². The number of nitrogens with zero attached hydrogens (tertiary/aromatic N) is 2. The van der Waals surface area contributed by atoms with Crippen LogP contribution in [0.2, 0.25) is 0 Å². The molecule has 0 radical (unpaired) electrons. The van der Waals surface area contributed by atoms with Crippen LogP contribution < -0.4 is 4.90 Å². The first-order valence-corrected chi connectivity index (χ1v) is 6.26. The third kappa shape index (κ3) is 2.37. The third-order valence-electron chi connectivity index (χ3n) is 2.78. The molecule has 1 aromatic heterocycles. The first-order chi connectivity index (χ1) is 7.16. The van der Waals surface area contributed by atoms with Crippen LogP contribution in [0, 0.1) is 5.92 Å². The number of hydrogen-bond acceptors (Lipinski definition) is 4. The van der Waals surface area contributed by atoms with E-state index < -0.39 is 0 Å². The fourth-order valence-electron chi connectivity index (χ4n) is 1.93. The third-order valence-corrected chi connectivity index (χ3v) is 3.68. The number of anilines is 1. The number of piperidine rings is 1. The minimum Gasteiger partial charge on any atom is -0.348 e. The zero-order chi connectivity index (χ0) is 10.8. The van der Waals surface area contributed by atoms with E-state index in [9.17, 15) is 4.79 Å². The van der Waals surface area contributed by atoms with Crippen LogP contribution in [-0.2, 0) is 0 Å². The predicted octanol–water partition coefficient (Wildman–Crippen LogP) is 2.58. The largest absolute Gasteiger partial charge is 0.348 e. The summed E-state index contributed by atoms with van der Waals surface area (Å²) in [5.74, 6) is 0.797. The summed E-state index contributed by atoms with van der Waals surface area (Å²) in [7, 11) is 0. The minimum atomic E-state index is 0.0579. The van der Waals surface area contributed by atoms with Crippen molar-refractivity contribution in [2.24, 2.45) is 5.92 Å². The van der Waals surface area contributed by atoms with Crippen molar-refractivity contribution >= 4 is 22.3 Å². The maximum Gasteiger partial charge on any atom is 0.185 e. The lowest BCUT2D eigenvalue weighted by molar-refractivity contribution is 0.101. The Hall–Kier alpha value is -0.900. The number of Topliss-reactive ketones (excluding diaryl/α,β-unsaturated/α-hetero) is 1. The maximum atomic E-state index is 11.1. The first kappa shape index (κ1) is 10.6. The van der Waals surface area contributed by atoms with Crippen LogP contribution >= 0.6 is 11.3 Å². The summed E-state index contributed by atoms with van der Waals surface area (Å²) in [6.07, 6.45) is 2.54. The molecule has 1 saturated heterocycles. The summed E-state index contributed by atoms with van der Waals surface area (Å²) in [4.78, 5) is 17.8. The number of hydrogen-bond donors (Lipinski definition) is 0. The van der Waals surface area contributed by atoms with Crippen molar-refractivity contribution in [1.82, 2.24) is 4.98 Å². The molecule has 1 aliphatic heterocycles. The molecule has 1 aliphatic rings. The Balaban J connectivity index is 2.11. The number of aromatic nitrogens is 1. The minimum absolute atomic E-state index is 0.0579. The van der Waals surface area contributed by atoms with Crippen LogP contribution in [-0.4, -0.2) is 23.9 Å². The molecular weight excluding hydrogens is 208 g/mol. The summed E-state index contributed by atoms with van der Waals surface area (Å²) in [6.45, 7) is 5.99. The first-order valence-electron chi connectivity index (χ1n) is 5.38. The molecule has 2 heterocycles. The molecular formula is C11H16N2OS. The van der Waals surface area contributed by atoms with Crippen LogP contribution in [0.25, 0.3) is 0 Å². The van der Waals surface area contributed by atoms with E-state index >= 15 is 0 Å². The fourth-order valence-corrected chi connectivity index (χ4v) is 2.84. The second-order valence-corrected chi connectivity index (χ2v) is 5.10. The molecule has 1 aromatic rings. The van der Waals surface area contributed by atoms with Crippen molar-refractivity contribution < 1.29 is 4.79 Å². The van der Waals surface area contributed by atoms with Crippen LogP contribution in [0.4, 0.5) is 5.13 Å². The number of thiazole rings is 1. The number of carbonyl (C=O) groups is 1. The van der Waals surface area contributed by atoms with E-state index in [0.717, 1.165) is 24.1 Å². The van der Waals surface area contributed by atoms with Crippen molar-refractivity contribution in [2.45, 2.75) is 26.7 Å². The van der Waals surface area contributed by atoms with E-state index in [1.807, 2.05) is 5.38 Å². The summed E-state index contributed by atoms with van der Waals surface area (Å²) < 4.78 is 0. The van der Waals surface area contributed by atoms with E-state index in [4.69, 9.17) is 0 Å². The van der Waals surface area contributed by atoms with Crippen molar-refractivity contribution in [2.75, 3.05) is 18.0 Å². The topological polar surface area (TPSA) is 33.2 Å². The van der Waals surface area contributed by atoms with E-state index in [-0.39, 0.29) is 5.78 Å². The van der Waals surface area contributed by atoms with Crippen LogP contribution in [0.3, 0.4) is 0 Å². The van der Waals surface area contributed by atoms with Gasteiger partial charge in [-0.05, 0) is 18.8 Å². The quantitative estimate of drug-likeness (QED) is 0.724. The van der Waals surface area contributed by atoms with Gasteiger partial charge in [-0.15, -0.1) is 11.3 Å². The van der Waals surface area contributed by atoms with Crippen LogP contribution in [0.15, 0.2) is 5.38 Å². The Kier molecular flexibility index (Phi) is 3.05. The van der Waals surface area contributed by atoms with Gasteiger partial charge >= 0.3 is 0 Å². The molecule has 0 amide bonds. The van der Waals surface area contributed by atoms with Gasteiger partial charge in [0.05, 0.1) is 0 Å². The monoisotopic (exact) mass is 224 g/mol. The molecule has 82 valence electrons. The highest BCUT2D eigenvalue weighted by atomic mass is 32.1. The van der Waals surface area contributed by atoms with Gasteiger partial charge in [-0.3, -0.25) is 4.79 Å². The number of carbonyl (C=O) groups excluding carboxylic acids is 1. The molecule has 1 unspecified atom stereocenters. The van der Waals surface area contributed by atoms with E-state index in [2.05, 4.69) is 16.8 Å². The van der Waals surface area contributed by atoms with E-state index in [0.29, 0.717) is 5.69 Å². The van der Waals surface area contributed by atoms with Gasteiger partial charge in [-0.2, -0.15) is 0 Å². The molecule has 0 N–H and O–H groups in total. The highest BCUT2D eigenvalue weighted by Crippen LogP contribution is 2.26. The molecule has 2 rings (SSSR count). The Morgan fingerprint density at radius 2 is 2.47 bits per heavy atom. The lowest BCUT2D eigenvalue weighted by Gasteiger charge is -2.30. The predicted molar refractivity (Wildman–Crippen MR) is 62.7 cm³/mol. The standard InChI is InChI=1S/C11H16N2OS/c1-8-4-3-5-13(6-8)11-12-10(7-15-11)9(2)14/h7-8H,3-6H2,1-2H3. The second kappa shape index (κ2) is 4.31. The summed E-state index contributed by atoms with van der Waals surface area (Å²) >= 11 is 1.58. The van der Waals surface area contributed by atoms with Gasteiger partial charge in [0.2, 0.25) is 0 Å². The SMILES string of the molecule is CC(=O)c1csc(N2CCCC(C)C2)n1. The molecule has 4 heteroatoms. The van der Waals surface area contributed by atoms with Crippen molar-refractivity contribution in [3.63, 3.8) is 0 Å². The number of ketones is 1. The van der Waals surface area contributed by atoms with E-state index in [1.165, 1.54) is 12.8 Å². The Labute approximate surface area is 94.1 Å². The molecule has 0 aromatic carbocycles. The lowest BCUT2D eigenvalue weighted by Crippen LogP contribution is -2.34. The molecule has 1 atom stereocenters. The molecule has 3 nitrogen and oxygen atoms in total. The van der Waals surface area contributed by atoms with Crippen molar-refractivity contribution in [1.29, 1.82) is 0 Å². The van der Waals surface area contributed by atoms with Crippen LogP contribution in [0.1, 0.15) is 37.2 Å². The molecule has 0 bridgehead atoms. The summed E-state index contributed by atoms with van der Waals surface area (Å²) in [6, 6.07) is 0. The van der Waals surface area contributed by atoms with Gasteiger partial charge in [0, 0.05) is 25.4 Å². The Bertz CT molecular complexity index is 361. The zero-order valence-corrected chi connectivity index (χ0v) is 10.0. The zero-order valence-electron chi connectivity index (χ0n) is 9.19. The molecule has 0 aliphatic carbocycles. The summed E-state index contributed by atoms with van der Waals surface area (Å²) in [5, 5.41) is 2.86. The highest BCUT2D eigenvalue weighted by molar-refractivity contribution is 7.13. The van der Waals surface area contributed by atoms with Crippen molar-refractivity contribution in [3.05, 3.63) is 11.1 Å². The van der Waals surface area contributed by atoms with Gasteiger partial charge in [-0.1, -0.05) is 6.92 Å². The second-order valence-electron chi connectivity index (χ2n) is 4.26. The van der Waals surface area contributed by atoms with Crippen molar-refractivity contribution in [3.8, 4) is 0 Å². The van der Waals surface area contributed by atoms with Gasteiger partial charge < -0.3 is 4.90 Å². The van der Waals surface area contributed by atoms with Gasteiger partial charge in [0.1, 0.15) is 5.69 Å².